The van der Waals surface area contributed by atoms with Crippen LogP contribution in [0.3, 0.4) is 0 Å². The van der Waals surface area contributed by atoms with E-state index in [-0.39, 0.29) is 17.4 Å². The van der Waals surface area contributed by atoms with Crippen molar-refractivity contribution in [3.05, 3.63) is 32.7 Å². The maximum absolute atomic E-state index is 12.5. The number of nitrogens with zero attached hydrogens (tertiary/aromatic N) is 5. The first-order valence-corrected chi connectivity index (χ1v) is 7.74. The van der Waals surface area contributed by atoms with Gasteiger partial charge in [0.05, 0.1) is 12.6 Å². The lowest BCUT2D eigenvalue weighted by Gasteiger charge is -2.11. The minimum atomic E-state index is -0.370. The molecule has 0 N–H and O–H groups in total. The molecule has 4 rings (SSSR count). The zero-order valence-electron chi connectivity index (χ0n) is 13.4. The van der Waals surface area contributed by atoms with Gasteiger partial charge in [0.25, 0.3) is 5.56 Å². The molecule has 1 aliphatic rings. The minimum Gasteiger partial charge on any atom is -0.376 e. The van der Waals surface area contributed by atoms with E-state index in [1.54, 1.807) is 11.4 Å². The third-order valence-electron chi connectivity index (χ3n) is 4.67. The van der Waals surface area contributed by atoms with E-state index in [0.717, 1.165) is 29.7 Å². The van der Waals surface area contributed by atoms with Crippen molar-refractivity contribution >= 4 is 16.9 Å². The molecule has 0 radical (unpaired) electrons. The topological polar surface area (TPSA) is 75.5 Å². The van der Waals surface area contributed by atoms with Crippen LogP contribution >= 0.6 is 0 Å². The van der Waals surface area contributed by atoms with Gasteiger partial charge in [0.2, 0.25) is 5.78 Å². The van der Waals surface area contributed by atoms with Gasteiger partial charge in [-0.05, 0) is 19.8 Å². The third-order valence-corrected chi connectivity index (χ3v) is 4.67. The number of rotatable bonds is 2. The summed E-state index contributed by atoms with van der Waals surface area (Å²) in [4.78, 5) is 29.1. The van der Waals surface area contributed by atoms with Gasteiger partial charge < -0.3 is 9.30 Å². The van der Waals surface area contributed by atoms with Gasteiger partial charge in [-0.25, -0.2) is 4.79 Å². The SMILES string of the molecule is Cc1cn2c3c(=O)n(C)c(=O)n(C)c3nc2n1C[C@H]1CCCO1. The van der Waals surface area contributed by atoms with Crippen molar-refractivity contribution < 1.29 is 4.74 Å². The van der Waals surface area contributed by atoms with Crippen LogP contribution in [0.4, 0.5) is 0 Å². The largest absolute Gasteiger partial charge is 0.376 e. The first-order chi connectivity index (χ1) is 11.0. The predicted molar refractivity (Wildman–Crippen MR) is 84.9 cm³/mol. The summed E-state index contributed by atoms with van der Waals surface area (Å²) in [7, 11) is 3.12. The van der Waals surface area contributed by atoms with Gasteiger partial charge in [0.15, 0.2) is 11.2 Å². The zero-order valence-corrected chi connectivity index (χ0v) is 13.4. The summed E-state index contributed by atoms with van der Waals surface area (Å²) in [5.74, 6) is 0.673. The maximum atomic E-state index is 12.5. The lowest BCUT2D eigenvalue weighted by molar-refractivity contribution is 0.0974. The van der Waals surface area contributed by atoms with Crippen LogP contribution in [0.1, 0.15) is 18.5 Å². The van der Waals surface area contributed by atoms with Gasteiger partial charge in [0.1, 0.15) is 0 Å². The quantitative estimate of drug-likeness (QED) is 0.675. The molecule has 0 aliphatic carbocycles. The summed E-state index contributed by atoms with van der Waals surface area (Å²) >= 11 is 0. The number of aryl methyl sites for hydroxylation is 2. The van der Waals surface area contributed by atoms with Gasteiger partial charge in [-0.3, -0.25) is 18.3 Å². The zero-order chi connectivity index (χ0) is 16.3. The summed E-state index contributed by atoms with van der Waals surface area (Å²) in [6.45, 7) is 3.49. The van der Waals surface area contributed by atoms with E-state index < -0.39 is 0 Å². The Kier molecular flexibility index (Phi) is 2.99. The van der Waals surface area contributed by atoms with Crippen molar-refractivity contribution in [3.63, 3.8) is 0 Å². The van der Waals surface area contributed by atoms with Crippen molar-refractivity contribution in [2.24, 2.45) is 14.1 Å². The monoisotopic (exact) mass is 317 g/mol. The van der Waals surface area contributed by atoms with Crippen LogP contribution in [0.2, 0.25) is 0 Å². The first-order valence-electron chi connectivity index (χ1n) is 7.74. The summed E-state index contributed by atoms with van der Waals surface area (Å²) in [5.41, 5.74) is 1.16. The number of imidazole rings is 2. The van der Waals surface area contributed by atoms with Crippen LogP contribution < -0.4 is 11.2 Å². The Bertz CT molecular complexity index is 1030. The number of hydrogen-bond acceptors (Lipinski definition) is 4. The van der Waals surface area contributed by atoms with Gasteiger partial charge >= 0.3 is 5.69 Å². The Morgan fingerprint density at radius 2 is 2.09 bits per heavy atom. The van der Waals surface area contributed by atoms with E-state index in [4.69, 9.17) is 4.74 Å². The van der Waals surface area contributed by atoms with Crippen LogP contribution in [0.15, 0.2) is 15.8 Å². The maximum Gasteiger partial charge on any atom is 0.332 e. The van der Waals surface area contributed by atoms with E-state index in [2.05, 4.69) is 9.55 Å². The normalized spacial score (nSPS) is 18.5. The lowest BCUT2D eigenvalue weighted by atomic mass is 10.2. The molecule has 0 unspecified atom stereocenters. The molecule has 0 spiro atoms. The molecular weight excluding hydrogens is 298 g/mol. The van der Waals surface area contributed by atoms with Crippen molar-refractivity contribution in [2.45, 2.75) is 32.4 Å². The highest BCUT2D eigenvalue weighted by molar-refractivity contribution is 5.75. The molecule has 23 heavy (non-hydrogen) atoms. The Morgan fingerprint density at radius 3 is 2.78 bits per heavy atom. The molecule has 1 saturated heterocycles. The second kappa shape index (κ2) is 4.82. The molecule has 0 bridgehead atoms. The fourth-order valence-corrected chi connectivity index (χ4v) is 3.35. The molecule has 0 aromatic carbocycles. The van der Waals surface area contributed by atoms with Crippen LogP contribution in [0, 0.1) is 6.92 Å². The molecule has 1 fully saturated rings. The Labute approximate surface area is 131 Å². The molecular formula is C15H19N5O3. The molecule has 1 atom stereocenters. The van der Waals surface area contributed by atoms with Gasteiger partial charge in [-0.15, -0.1) is 0 Å². The highest BCUT2D eigenvalue weighted by Crippen LogP contribution is 2.20. The lowest BCUT2D eigenvalue weighted by Crippen LogP contribution is -2.37. The molecule has 0 amide bonds. The van der Waals surface area contributed by atoms with E-state index in [1.165, 1.54) is 11.6 Å². The predicted octanol–water partition coefficient (Wildman–Crippen LogP) is 0.174. The fourth-order valence-electron chi connectivity index (χ4n) is 3.35. The van der Waals surface area contributed by atoms with Crippen molar-refractivity contribution in [3.8, 4) is 0 Å². The number of aromatic nitrogens is 5. The van der Waals surface area contributed by atoms with Crippen LogP contribution in [-0.4, -0.2) is 35.8 Å². The summed E-state index contributed by atoms with van der Waals surface area (Å²) in [6, 6.07) is 0. The summed E-state index contributed by atoms with van der Waals surface area (Å²) in [5, 5.41) is 0. The second-order valence-corrected chi connectivity index (χ2v) is 6.18. The van der Waals surface area contributed by atoms with Crippen LogP contribution in [0.5, 0.6) is 0 Å². The molecule has 8 heteroatoms. The van der Waals surface area contributed by atoms with Crippen molar-refractivity contribution in [1.29, 1.82) is 0 Å². The van der Waals surface area contributed by atoms with Gasteiger partial charge in [-0.2, -0.15) is 4.98 Å². The minimum absolute atomic E-state index is 0.177. The second-order valence-electron chi connectivity index (χ2n) is 6.18. The molecule has 3 aromatic rings. The Morgan fingerprint density at radius 1 is 1.30 bits per heavy atom. The number of hydrogen-bond donors (Lipinski definition) is 0. The smallest absolute Gasteiger partial charge is 0.332 e. The highest BCUT2D eigenvalue weighted by atomic mass is 16.5. The van der Waals surface area contributed by atoms with Gasteiger partial charge in [-0.1, -0.05) is 0 Å². The van der Waals surface area contributed by atoms with Gasteiger partial charge in [0, 0.05) is 32.6 Å². The summed E-state index contributed by atoms with van der Waals surface area (Å²) < 4.78 is 12.1. The van der Waals surface area contributed by atoms with Crippen molar-refractivity contribution in [1.82, 2.24) is 23.1 Å². The molecule has 122 valence electrons. The molecule has 4 heterocycles. The molecule has 3 aromatic heterocycles. The summed E-state index contributed by atoms with van der Waals surface area (Å²) in [6.07, 6.45) is 4.18. The highest BCUT2D eigenvalue weighted by Gasteiger charge is 2.22. The average Bonchev–Trinajstić information content (AvgIpc) is 3.21. The molecule has 1 aliphatic heterocycles. The van der Waals surface area contributed by atoms with Crippen LogP contribution in [0.25, 0.3) is 16.9 Å². The number of ether oxygens (including phenoxy) is 1. The standard InChI is InChI=1S/C15H19N5O3/c1-9-7-20-11-12(17(2)15(22)18(3)13(11)21)16-14(20)19(9)8-10-5-4-6-23-10/h7,10H,4-6,8H2,1-3H3/t10-/m1/s1. The van der Waals surface area contributed by atoms with Crippen LogP contribution in [-0.2, 0) is 25.4 Å². The van der Waals surface area contributed by atoms with E-state index in [1.807, 2.05) is 13.1 Å². The molecule has 0 saturated carbocycles. The van der Waals surface area contributed by atoms with E-state index in [9.17, 15) is 9.59 Å². The molecule has 8 nitrogen and oxygen atoms in total. The number of fused-ring (bicyclic) bond motifs is 3. The van der Waals surface area contributed by atoms with Crippen molar-refractivity contribution in [2.75, 3.05) is 6.61 Å². The van der Waals surface area contributed by atoms with E-state index >= 15 is 0 Å². The Hall–Kier alpha value is -2.35. The first kappa shape index (κ1) is 14.3. The fraction of sp³-hybridized carbons (Fsp3) is 0.533. The Balaban J connectivity index is 2.01. The van der Waals surface area contributed by atoms with E-state index in [0.29, 0.717) is 23.5 Å². The third kappa shape index (κ3) is 1.91. The average molecular weight is 317 g/mol.